The zero-order valence-electron chi connectivity index (χ0n) is 14.3. The van der Waals surface area contributed by atoms with Gasteiger partial charge in [0.25, 0.3) is 0 Å². The van der Waals surface area contributed by atoms with Crippen molar-refractivity contribution < 1.29 is 24.2 Å². The lowest BCUT2D eigenvalue weighted by Gasteiger charge is -2.47. The molecule has 0 aromatic rings. The van der Waals surface area contributed by atoms with Crippen LogP contribution in [0.2, 0.25) is 0 Å². The van der Waals surface area contributed by atoms with Gasteiger partial charge in [-0.15, -0.1) is 0 Å². The summed E-state index contributed by atoms with van der Waals surface area (Å²) in [6, 6.07) is 0. The van der Waals surface area contributed by atoms with E-state index in [9.17, 15) is 14.7 Å². The highest BCUT2D eigenvalue weighted by atomic mass is 16.6. The van der Waals surface area contributed by atoms with Gasteiger partial charge in [-0.2, -0.15) is 0 Å². The van der Waals surface area contributed by atoms with Crippen LogP contribution in [0, 0.1) is 0 Å². The molecule has 2 atom stereocenters. The number of carboxylic acids is 1. The molecule has 22 heavy (non-hydrogen) atoms. The molecule has 2 unspecified atom stereocenters. The second-order valence-electron chi connectivity index (χ2n) is 6.83. The van der Waals surface area contributed by atoms with E-state index < -0.39 is 29.3 Å². The van der Waals surface area contributed by atoms with Crippen molar-refractivity contribution in [2.75, 3.05) is 13.7 Å². The van der Waals surface area contributed by atoms with Crippen molar-refractivity contribution in [2.45, 2.75) is 77.0 Å². The molecule has 1 fully saturated rings. The summed E-state index contributed by atoms with van der Waals surface area (Å²) in [6.07, 6.45) is 2.24. The summed E-state index contributed by atoms with van der Waals surface area (Å²) >= 11 is 0. The molecule has 0 radical (unpaired) electrons. The number of carboxylic acid groups (broad SMARTS) is 1. The van der Waals surface area contributed by atoms with Gasteiger partial charge in [0, 0.05) is 13.7 Å². The molecular weight excluding hydrogens is 286 g/mol. The van der Waals surface area contributed by atoms with E-state index in [-0.39, 0.29) is 0 Å². The maximum absolute atomic E-state index is 12.6. The summed E-state index contributed by atoms with van der Waals surface area (Å²) in [5.74, 6) is -1.02. The Hall–Kier alpha value is -1.30. The molecule has 6 nitrogen and oxygen atoms in total. The van der Waals surface area contributed by atoms with Crippen LogP contribution in [0.15, 0.2) is 0 Å². The molecule has 0 heterocycles. The number of ether oxygens (including phenoxy) is 2. The van der Waals surface area contributed by atoms with Gasteiger partial charge in [-0.3, -0.25) is 4.90 Å². The number of methoxy groups -OCH3 is 1. The standard InChI is InChI=1S/C16H29NO5/c1-6-11-17(14(20)22-15(2,3)4)16(13(18)19)10-8-7-9-12(16)21-5/h12H,6-11H2,1-5H3,(H,18,19). The summed E-state index contributed by atoms with van der Waals surface area (Å²) < 4.78 is 10.9. The van der Waals surface area contributed by atoms with Crippen LogP contribution in [0.4, 0.5) is 4.79 Å². The second kappa shape index (κ2) is 7.31. The van der Waals surface area contributed by atoms with Crippen molar-refractivity contribution in [3.63, 3.8) is 0 Å². The van der Waals surface area contributed by atoms with E-state index in [1.165, 1.54) is 12.0 Å². The monoisotopic (exact) mass is 315 g/mol. The van der Waals surface area contributed by atoms with Crippen molar-refractivity contribution in [3.05, 3.63) is 0 Å². The molecule has 0 aliphatic heterocycles. The summed E-state index contributed by atoms with van der Waals surface area (Å²) in [6.45, 7) is 7.57. The van der Waals surface area contributed by atoms with Gasteiger partial charge in [-0.05, 0) is 40.0 Å². The van der Waals surface area contributed by atoms with E-state index in [0.29, 0.717) is 25.8 Å². The molecule has 0 spiro atoms. The summed E-state index contributed by atoms with van der Waals surface area (Å²) in [4.78, 5) is 26.1. The predicted octanol–water partition coefficient (Wildman–Crippen LogP) is 3.05. The Bertz CT molecular complexity index is 404. The van der Waals surface area contributed by atoms with Crippen molar-refractivity contribution >= 4 is 12.1 Å². The molecule has 1 N–H and O–H groups in total. The fourth-order valence-corrected chi connectivity index (χ4v) is 3.10. The average molecular weight is 315 g/mol. The third-order valence-corrected chi connectivity index (χ3v) is 4.00. The van der Waals surface area contributed by atoms with Crippen LogP contribution in [-0.2, 0) is 14.3 Å². The smallest absolute Gasteiger partial charge is 0.411 e. The molecule has 0 aromatic carbocycles. The third-order valence-electron chi connectivity index (χ3n) is 4.00. The van der Waals surface area contributed by atoms with Crippen LogP contribution in [0.1, 0.15) is 59.8 Å². The Morgan fingerprint density at radius 3 is 2.41 bits per heavy atom. The van der Waals surface area contributed by atoms with Gasteiger partial charge >= 0.3 is 12.1 Å². The van der Waals surface area contributed by atoms with Crippen LogP contribution < -0.4 is 0 Å². The van der Waals surface area contributed by atoms with E-state index in [1.807, 2.05) is 6.92 Å². The van der Waals surface area contributed by atoms with Crippen LogP contribution in [0.5, 0.6) is 0 Å². The fraction of sp³-hybridized carbons (Fsp3) is 0.875. The zero-order chi connectivity index (χ0) is 17.0. The van der Waals surface area contributed by atoms with Crippen molar-refractivity contribution in [3.8, 4) is 0 Å². The lowest BCUT2D eigenvalue weighted by atomic mass is 9.77. The normalized spacial score (nSPS) is 25.6. The molecule has 128 valence electrons. The third kappa shape index (κ3) is 3.91. The summed E-state index contributed by atoms with van der Waals surface area (Å²) in [5, 5.41) is 9.91. The number of nitrogens with zero attached hydrogens (tertiary/aromatic N) is 1. The summed E-state index contributed by atoms with van der Waals surface area (Å²) in [5.41, 5.74) is -2.01. The van der Waals surface area contributed by atoms with E-state index in [0.717, 1.165) is 12.8 Å². The van der Waals surface area contributed by atoms with Gasteiger partial charge in [0.15, 0.2) is 5.54 Å². The number of carbonyl (C=O) groups excluding carboxylic acids is 1. The van der Waals surface area contributed by atoms with Crippen molar-refractivity contribution in [1.82, 2.24) is 4.90 Å². The van der Waals surface area contributed by atoms with Crippen LogP contribution >= 0.6 is 0 Å². The Morgan fingerprint density at radius 2 is 1.95 bits per heavy atom. The zero-order valence-corrected chi connectivity index (χ0v) is 14.3. The molecule has 0 aromatic heterocycles. The lowest BCUT2D eigenvalue weighted by Crippen LogP contribution is -2.66. The first-order valence-electron chi connectivity index (χ1n) is 7.96. The topological polar surface area (TPSA) is 76.1 Å². The second-order valence-corrected chi connectivity index (χ2v) is 6.83. The Balaban J connectivity index is 3.21. The maximum atomic E-state index is 12.6. The number of carbonyl (C=O) groups is 2. The van der Waals surface area contributed by atoms with E-state index >= 15 is 0 Å². The SMILES string of the molecule is CCCN(C(=O)OC(C)(C)C)C1(C(=O)O)CCCCC1OC. The number of aliphatic carboxylic acids is 1. The molecule has 6 heteroatoms. The predicted molar refractivity (Wildman–Crippen MR) is 82.9 cm³/mol. The molecule has 0 saturated heterocycles. The lowest BCUT2D eigenvalue weighted by molar-refractivity contribution is -0.166. The minimum atomic E-state index is -1.34. The van der Waals surface area contributed by atoms with Gasteiger partial charge in [0.2, 0.25) is 0 Å². The van der Waals surface area contributed by atoms with Gasteiger partial charge in [-0.1, -0.05) is 19.8 Å². The molecule has 1 amide bonds. The number of hydrogen-bond acceptors (Lipinski definition) is 4. The minimum Gasteiger partial charge on any atom is -0.479 e. The minimum absolute atomic E-state index is 0.334. The van der Waals surface area contributed by atoms with Crippen molar-refractivity contribution in [1.29, 1.82) is 0 Å². The average Bonchev–Trinajstić information content (AvgIpc) is 2.42. The molecule has 0 bridgehead atoms. The van der Waals surface area contributed by atoms with Gasteiger partial charge in [0.05, 0.1) is 6.10 Å². The molecule has 1 rings (SSSR count). The van der Waals surface area contributed by atoms with Crippen molar-refractivity contribution in [2.24, 2.45) is 0 Å². The quantitative estimate of drug-likeness (QED) is 0.844. The number of hydrogen-bond donors (Lipinski definition) is 1. The highest BCUT2D eigenvalue weighted by molar-refractivity contribution is 5.85. The summed E-state index contributed by atoms with van der Waals surface area (Å²) in [7, 11) is 1.51. The first kappa shape index (κ1) is 18.7. The Labute approximate surface area is 132 Å². The molecule has 1 saturated carbocycles. The fourth-order valence-electron chi connectivity index (χ4n) is 3.10. The molecule has 1 aliphatic carbocycles. The highest BCUT2D eigenvalue weighted by Crippen LogP contribution is 2.37. The first-order valence-corrected chi connectivity index (χ1v) is 7.96. The largest absolute Gasteiger partial charge is 0.479 e. The van der Waals surface area contributed by atoms with Gasteiger partial charge < -0.3 is 14.6 Å². The van der Waals surface area contributed by atoms with E-state index in [4.69, 9.17) is 9.47 Å². The molecule has 1 aliphatic rings. The van der Waals surface area contributed by atoms with Gasteiger partial charge in [0.1, 0.15) is 5.60 Å². The maximum Gasteiger partial charge on any atom is 0.411 e. The van der Waals surface area contributed by atoms with Crippen LogP contribution in [0.3, 0.4) is 0 Å². The van der Waals surface area contributed by atoms with E-state index in [1.54, 1.807) is 20.8 Å². The van der Waals surface area contributed by atoms with E-state index in [2.05, 4.69) is 0 Å². The first-order chi connectivity index (χ1) is 10.2. The highest BCUT2D eigenvalue weighted by Gasteiger charge is 2.54. The molecular formula is C16H29NO5. The Morgan fingerprint density at radius 1 is 1.32 bits per heavy atom. The Kier molecular flexibility index (Phi) is 6.23. The number of amides is 1. The van der Waals surface area contributed by atoms with Crippen LogP contribution in [0.25, 0.3) is 0 Å². The number of rotatable bonds is 5. The van der Waals surface area contributed by atoms with Crippen LogP contribution in [-0.4, -0.2) is 53.0 Å². The van der Waals surface area contributed by atoms with Gasteiger partial charge in [-0.25, -0.2) is 9.59 Å².